The molecule has 4 rings (SSSR count). The number of nitrogens with one attached hydrogen (secondary N) is 1. The summed E-state index contributed by atoms with van der Waals surface area (Å²) in [6, 6.07) is 3.26. The summed E-state index contributed by atoms with van der Waals surface area (Å²) >= 11 is 0. The maximum atomic E-state index is 14.7. The first-order valence-corrected chi connectivity index (χ1v) is 9.80. The molecule has 1 aliphatic rings. The molecule has 0 spiro atoms. The normalized spacial score (nSPS) is 17.9. The minimum atomic E-state index is -4.27. The third-order valence-corrected chi connectivity index (χ3v) is 5.41. The third kappa shape index (κ3) is 4.49. The number of aryl methyl sites for hydroxylation is 2. The van der Waals surface area contributed by atoms with Gasteiger partial charge in [-0.05, 0) is 24.6 Å². The largest absolute Gasteiger partial charge is 0.489 e. The van der Waals surface area contributed by atoms with Gasteiger partial charge in [0.1, 0.15) is 11.9 Å². The minimum Gasteiger partial charge on any atom is -0.489 e. The Morgan fingerprint density at radius 3 is 2.77 bits per heavy atom. The predicted molar refractivity (Wildman–Crippen MR) is 104 cm³/mol. The Labute approximate surface area is 175 Å². The molecule has 2 atom stereocenters. The third-order valence-electron chi connectivity index (χ3n) is 5.41. The first-order valence-electron chi connectivity index (χ1n) is 9.80. The molecule has 7 nitrogen and oxygen atoms in total. The van der Waals surface area contributed by atoms with Crippen LogP contribution in [0.1, 0.15) is 19.8 Å². The molecule has 0 radical (unpaired) electrons. The van der Waals surface area contributed by atoms with Crippen LogP contribution >= 0.6 is 0 Å². The molecule has 2 unspecified atom stereocenters. The number of benzene rings is 1. The number of fused-ring (bicyclic) bond motifs is 1. The molecule has 1 amide bonds. The molecule has 3 aromatic rings. The van der Waals surface area contributed by atoms with E-state index in [0.717, 1.165) is 4.68 Å². The van der Waals surface area contributed by atoms with Gasteiger partial charge >= 0.3 is 6.18 Å². The quantitative estimate of drug-likeness (QED) is 0.598. The molecule has 1 aromatic carbocycles. The predicted octanol–water partition coefficient (Wildman–Crippen LogP) is 3.43. The van der Waals surface area contributed by atoms with E-state index in [1.807, 2.05) is 6.92 Å². The molecule has 3 heterocycles. The van der Waals surface area contributed by atoms with Gasteiger partial charge in [0.2, 0.25) is 11.9 Å². The lowest BCUT2D eigenvalue weighted by molar-refractivity contribution is -0.137. The first-order chi connectivity index (χ1) is 14.6. The van der Waals surface area contributed by atoms with E-state index in [4.69, 9.17) is 4.74 Å². The second-order valence-electron chi connectivity index (χ2n) is 7.73. The molecular weight excluding hydrogens is 418 g/mol. The summed E-state index contributed by atoms with van der Waals surface area (Å²) in [5.41, 5.74) is 1.50. The van der Waals surface area contributed by atoms with Gasteiger partial charge in [0.05, 0.1) is 23.5 Å². The Bertz CT molecular complexity index is 1120. The maximum Gasteiger partial charge on any atom is 0.390 e. The van der Waals surface area contributed by atoms with Crippen molar-refractivity contribution in [1.82, 2.24) is 24.9 Å². The van der Waals surface area contributed by atoms with Crippen molar-refractivity contribution in [2.24, 2.45) is 13.0 Å². The molecule has 1 saturated heterocycles. The summed E-state index contributed by atoms with van der Waals surface area (Å²) in [6.45, 7) is 1.99. The molecule has 0 aliphatic carbocycles. The van der Waals surface area contributed by atoms with Crippen LogP contribution in [0.3, 0.4) is 0 Å². The summed E-state index contributed by atoms with van der Waals surface area (Å²) in [5, 5.41) is 11.1. The molecule has 1 aliphatic heterocycles. The highest BCUT2D eigenvalue weighted by molar-refractivity contribution is 5.90. The van der Waals surface area contributed by atoms with Crippen molar-refractivity contribution in [3.63, 3.8) is 0 Å². The second-order valence-corrected chi connectivity index (χ2v) is 7.73. The van der Waals surface area contributed by atoms with Gasteiger partial charge in [-0.3, -0.25) is 9.48 Å². The Morgan fingerprint density at radius 1 is 1.32 bits per heavy atom. The Balaban J connectivity index is 1.66. The highest BCUT2D eigenvalue weighted by Crippen LogP contribution is 2.35. The summed E-state index contributed by atoms with van der Waals surface area (Å²) in [5.74, 6) is -0.424. The van der Waals surface area contributed by atoms with Crippen molar-refractivity contribution in [1.29, 1.82) is 0 Å². The molecule has 0 bridgehead atoms. The van der Waals surface area contributed by atoms with Crippen LogP contribution in [0.15, 0.2) is 24.5 Å². The fourth-order valence-electron chi connectivity index (χ4n) is 3.65. The van der Waals surface area contributed by atoms with Gasteiger partial charge < -0.3 is 10.1 Å². The fourth-order valence-corrected chi connectivity index (χ4v) is 3.65. The smallest absolute Gasteiger partial charge is 0.390 e. The lowest BCUT2D eigenvalue weighted by Gasteiger charge is -2.20. The second kappa shape index (κ2) is 7.86. The number of ether oxygens (including phenoxy) is 1. The Hall–Kier alpha value is -3.11. The van der Waals surface area contributed by atoms with E-state index in [0.29, 0.717) is 29.6 Å². The highest BCUT2D eigenvalue weighted by atomic mass is 19.4. The van der Waals surface area contributed by atoms with E-state index in [1.54, 1.807) is 12.1 Å². The first kappa shape index (κ1) is 21.1. The van der Waals surface area contributed by atoms with Crippen LogP contribution in [0.25, 0.3) is 22.0 Å². The van der Waals surface area contributed by atoms with Crippen LogP contribution < -0.4 is 10.1 Å². The number of carbonyl (C=O) groups excluding carboxylic acids is 1. The van der Waals surface area contributed by atoms with Gasteiger partial charge in [0.15, 0.2) is 0 Å². The van der Waals surface area contributed by atoms with Crippen LogP contribution in [0.4, 0.5) is 17.6 Å². The number of hydrogen-bond donors (Lipinski definition) is 1. The van der Waals surface area contributed by atoms with Crippen molar-refractivity contribution < 1.29 is 27.1 Å². The average molecular weight is 439 g/mol. The lowest BCUT2D eigenvalue weighted by Crippen LogP contribution is -2.25. The van der Waals surface area contributed by atoms with Gasteiger partial charge in [-0.2, -0.15) is 27.8 Å². The van der Waals surface area contributed by atoms with E-state index < -0.39 is 18.5 Å². The SMILES string of the molecule is CC(Oc1cc(-c2cnn(CCC(F)(F)F)c2)cc2nn(C)c(F)c12)C1CNC(=O)C1. The zero-order valence-corrected chi connectivity index (χ0v) is 16.9. The Kier molecular flexibility index (Phi) is 5.36. The zero-order chi connectivity index (χ0) is 22.3. The van der Waals surface area contributed by atoms with Gasteiger partial charge in [-0.15, -0.1) is 0 Å². The number of alkyl halides is 3. The van der Waals surface area contributed by atoms with Gasteiger partial charge in [0, 0.05) is 44.2 Å². The van der Waals surface area contributed by atoms with Crippen LogP contribution in [0.2, 0.25) is 0 Å². The number of amides is 1. The number of rotatable bonds is 6. The van der Waals surface area contributed by atoms with Gasteiger partial charge in [-0.25, -0.2) is 4.68 Å². The molecule has 2 aromatic heterocycles. The van der Waals surface area contributed by atoms with Crippen molar-refractivity contribution in [2.45, 2.75) is 38.6 Å². The van der Waals surface area contributed by atoms with E-state index in [-0.39, 0.29) is 35.6 Å². The van der Waals surface area contributed by atoms with Crippen molar-refractivity contribution >= 4 is 16.8 Å². The maximum absolute atomic E-state index is 14.7. The molecule has 0 saturated carbocycles. The van der Waals surface area contributed by atoms with Crippen molar-refractivity contribution in [3.05, 3.63) is 30.5 Å². The van der Waals surface area contributed by atoms with Gasteiger partial charge in [0.25, 0.3) is 0 Å². The van der Waals surface area contributed by atoms with E-state index in [1.165, 1.54) is 24.1 Å². The lowest BCUT2D eigenvalue weighted by atomic mass is 10.0. The van der Waals surface area contributed by atoms with E-state index in [9.17, 15) is 22.4 Å². The standard InChI is InChI=1S/C20H21F4N5O2/c1-11(13-7-17(30)25-8-13)31-16-6-12(5-15-18(16)19(21)28(2)27-15)14-9-26-29(10-14)4-3-20(22,23)24/h5-6,9-11,13H,3-4,7-8H2,1-2H3,(H,25,30). The Morgan fingerprint density at radius 2 is 2.10 bits per heavy atom. The highest BCUT2D eigenvalue weighted by Gasteiger charge is 2.29. The zero-order valence-electron chi connectivity index (χ0n) is 16.9. The molecule has 31 heavy (non-hydrogen) atoms. The molecule has 1 fully saturated rings. The molecule has 1 N–H and O–H groups in total. The van der Waals surface area contributed by atoms with Crippen LogP contribution in [-0.2, 0) is 18.4 Å². The summed E-state index contributed by atoms with van der Waals surface area (Å²) in [7, 11) is 1.47. The monoisotopic (exact) mass is 439 g/mol. The molecule has 11 heteroatoms. The molecule has 166 valence electrons. The average Bonchev–Trinajstić information content (AvgIpc) is 3.39. The number of nitrogens with zero attached hydrogens (tertiary/aromatic N) is 4. The van der Waals surface area contributed by atoms with Crippen molar-refractivity contribution in [3.8, 4) is 16.9 Å². The number of aromatic nitrogens is 4. The number of hydrogen-bond acceptors (Lipinski definition) is 4. The topological polar surface area (TPSA) is 74.0 Å². The summed E-state index contributed by atoms with van der Waals surface area (Å²) in [4.78, 5) is 11.5. The van der Waals surface area contributed by atoms with Gasteiger partial charge in [-0.1, -0.05) is 0 Å². The van der Waals surface area contributed by atoms with Crippen LogP contribution in [0.5, 0.6) is 5.75 Å². The summed E-state index contributed by atoms with van der Waals surface area (Å²) < 4.78 is 60.5. The number of halogens is 4. The van der Waals surface area contributed by atoms with Crippen LogP contribution in [-0.4, -0.2) is 44.3 Å². The number of carbonyl (C=O) groups is 1. The molecular formula is C20H21F4N5O2. The fraction of sp³-hybridized carbons (Fsp3) is 0.450. The van der Waals surface area contributed by atoms with Crippen LogP contribution in [0, 0.1) is 11.9 Å². The van der Waals surface area contributed by atoms with Crippen molar-refractivity contribution in [2.75, 3.05) is 6.54 Å². The van der Waals surface area contributed by atoms with E-state index in [2.05, 4.69) is 15.5 Å². The minimum absolute atomic E-state index is 0.0572. The van der Waals surface area contributed by atoms with E-state index >= 15 is 0 Å². The summed E-state index contributed by atoms with van der Waals surface area (Å²) in [6.07, 6.45) is -2.36.